The summed E-state index contributed by atoms with van der Waals surface area (Å²) in [5.41, 5.74) is 10.9. The van der Waals surface area contributed by atoms with E-state index < -0.39 is 0 Å². The average molecular weight is 231 g/mol. The number of hydrogen-bond donors (Lipinski definition) is 2. The van der Waals surface area contributed by atoms with Gasteiger partial charge in [-0.3, -0.25) is 4.90 Å². The van der Waals surface area contributed by atoms with Crippen LogP contribution in [0.1, 0.15) is 12.8 Å². The Balaban J connectivity index is 0.000000165. The van der Waals surface area contributed by atoms with E-state index in [0.717, 1.165) is 65.4 Å². The van der Waals surface area contributed by atoms with E-state index in [1.807, 2.05) is 0 Å². The molecule has 0 atom stereocenters. The molecule has 2 aliphatic heterocycles. The summed E-state index contributed by atoms with van der Waals surface area (Å²) in [6.07, 6.45) is 2.08. The van der Waals surface area contributed by atoms with Crippen molar-refractivity contribution in [2.45, 2.75) is 18.9 Å². The van der Waals surface area contributed by atoms with Crippen LogP contribution in [0, 0.1) is 0 Å². The second kappa shape index (κ2) is 8.90. The van der Waals surface area contributed by atoms with E-state index in [9.17, 15) is 0 Å². The summed E-state index contributed by atoms with van der Waals surface area (Å²) in [6, 6.07) is 0.411. The highest BCUT2D eigenvalue weighted by Crippen LogP contribution is 2.01. The van der Waals surface area contributed by atoms with Gasteiger partial charge < -0.3 is 20.9 Å². The number of rotatable bonds is 2. The second-order valence-electron chi connectivity index (χ2n) is 4.19. The summed E-state index contributed by atoms with van der Waals surface area (Å²) in [7, 11) is 0. The van der Waals surface area contributed by atoms with Crippen molar-refractivity contribution >= 4 is 0 Å². The summed E-state index contributed by atoms with van der Waals surface area (Å²) < 4.78 is 10.2. The third-order valence-corrected chi connectivity index (χ3v) is 2.81. The molecule has 0 saturated carbocycles. The quantitative estimate of drug-likeness (QED) is 0.664. The lowest BCUT2D eigenvalue weighted by atomic mass is 10.1. The molecule has 0 bridgehead atoms. The van der Waals surface area contributed by atoms with Crippen LogP contribution in [0.25, 0.3) is 0 Å². The lowest BCUT2D eigenvalue weighted by Crippen LogP contribution is -2.39. The van der Waals surface area contributed by atoms with E-state index in [1.165, 1.54) is 0 Å². The lowest BCUT2D eigenvalue weighted by molar-refractivity contribution is 0.0394. The molecular formula is C11H25N3O2. The maximum absolute atomic E-state index is 5.55. The van der Waals surface area contributed by atoms with Crippen molar-refractivity contribution in [3.05, 3.63) is 0 Å². The molecular weight excluding hydrogens is 206 g/mol. The minimum Gasteiger partial charge on any atom is -0.381 e. The van der Waals surface area contributed by atoms with E-state index in [-0.39, 0.29) is 0 Å². The Kier molecular flexibility index (Phi) is 7.71. The number of morpholine rings is 1. The zero-order valence-electron chi connectivity index (χ0n) is 10.1. The van der Waals surface area contributed by atoms with Crippen molar-refractivity contribution in [1.82, 2.24) is 4.90 Å². The van der Waals surface area contributed by atoms with Gasteiger partial charge in [-0.05, 0) is 12.8 Å². The standard InChI is InChI=1S/C6H14N2O.C5H11NO/c7-1-2-8-3-5-9-6-4-8;6-5-1-3-7-4-2-5/h1-7H2;5H,1-4,6H2. The number of hydrogen-bond acceptors (Lipinski definition) is 5. The third kappa shape index (κ3) is 6.40. The van der Waals surface area contributed by atoms with Crippen LogP contribution in [0.15, 0.2) is 0 Å². The van der Waals surface area contributed by atoms with Crippen LogP contribution in [-0.4, -0.2) is 63.5 Å². The Hall–Kier alpha value is -0.200. The smallest absolute Gasteiger partial charge is 0.0594 e. The largest absolute Gasteiger partial charge is 0.381 e. The highest BCUT2D eigenvalue weighted by atomic mass is 16.5. The first-order valence-electron chi connectivity index (χ1n) is 6.16. The molecule has 4 N–H and O–H groups in total. The molecule has 2 aliphatic rings. The number of ether oxygens (including phenoxy) is 2. The van der Waals surface area contributed by atoms with Crippen molar-refractivity contribution in [2.75, 3.05) is 52.6 Å². The molecule has 2 rings (SSSR count). The molecule has 0 aromatic heterocycles. The SMILES string of the molecule is NC1CCOCC1.NCCN1CCOCC1. The molecule has 0 unspecified atom stereocenters. The summed E-state index contributed by atoms with van der Waals surface area (Å²) in [6.45, 7) is 7.36. The molecule has 5 heteroatoms. The summed E-state index contributed by atoms with van der Waals surface area (Å²) in [4.78, 5) is 2.32. The van der Waals surface area contributed by atoms with Gasteiger partial charge in [0, 0.05) is 45.4 Å². The van der Waals surface area contributed by atoms with Gasteiger partial charge in [0.2, 0.25) is 0 Å². The molecule has 2 fully saturated rings. The monoisotopic (exact) mass is 231 g/mol. The molecule has 0 aromatic carbocycles. The molecule has 0 spiro atoms. The molecule has 0 amide bonds. The summed E-state index contributed by atoms with van der Waals surface area (Å²) in [5.74, 6) is 0. The fourth-order valence-corrected chi connectivity index (χ4v) is 1.72. The van der Waals surface area contributed by atoms with Crippen LogP contribution < -0.4 is 11.5 Å². The van der Waals surface area contributed by atoms with E-state index >= 15 is 0 Å². The molecule has 2 saturated heterocycles. The third-order valence-electron chi connectivity index (χ3n) is 2.81. The Labute approximate surface area is 98.0 Å². The van der Waals surface area contributed by atoms with Crippen LogP contribution in [0.5, 0.6) is 0 Å². The minimum absolute atomic E-state index is 0.411. The van der Waals surface area contributed by atoms with Gasteiger partial charge in [0.1, 0.15) is 0 Å². The van der Waals surface area contributed by atoms with Crippen molar-refractivity contribution in [3.63, 3.8) is 0 Å². The predicted molar refractivity (Wildman–Crippen MR) is 64.3 cm³/mol. The van der Waals surface area contributed by atoms with E-state index in [4.69, 9.17) is 20.9 Å². The summed E-state index contributed by atoms with van der Waals surface area (Å²) >= 11 is 0. The molecule has 16 heavy (non-hydrogen) atoms. The summed E-state index contributed by atoms with van der Waals surface area (Å²) in [5, 5.41) is 0. The van der Waals surface area contributed by atoms with Crippen LogP contribution >= 0.6 is 0 Å². The number of nitrogens with two attached hydrogens (primary N) is 2. The first-order valence-corrected chi connectivity index (χ1v) is 6.16. The van der Waals surface area contributed by atoms with Gasteiger partial charge in [-0.2, -0.15) is 0 Å². The fraction of sp³-hybridized carbons (Fsp3) is 1.00. The molecule has 5 nitrogen and oxygen atoms in total. The maximum Gasteiger partial charge on any atom is 0.0594 e. The maximum atomic E-state index is 5.55. The van der Waals surface area contributed by atoms with Crippen molar-refractivity contribution in [3.8, 4) is 0 Å². The first kappa shape index (κ1) is 13.9. The Morgan fingerprint density at radius 2 is 1.56 bits per heavy atom. The normalized spacial score (nSPS) is 23.6. The van der Waals surface area contributed by atoms with Gasteiger partial charge in [-0.25, -0.2) is 0 Å². The van der Waals surface area contributed by atoms with Gasteiger partial charge in [0.25, 0.3) is 0 Å². The topological polar surface area (TPSA) is 73.7 Å². The van der Waals surface area contributed by atoms with Crippen LogP contribution in [0.4, 0.5) is 0 Å². The second-order valence-corrected chi connectivity index (χ2v) is 4.19. The molecule has 96 valence electrons. The zero-order valence-corrected chi connectivity index (χ0v) is 10.1. The highest BCUT2D eigenvalue weighted by Gasteiger charge is 2.07. The minimum atomic E-state index is 0.411. The van der Waals surface area contributed by atoms with Gasteiger partial charge >= 0.3 is 0 Å². The van der Waals surface area contributed by atoms with Gasteiger partial charge in [-0.1, -0.05) is 0 Å². The molecule has 0 aromatic rings. The zero-order chi connectivity index (χ0) is 11.6. The van der Waals surface area contributed by atoms with Gasteiger partial charge in [0.15, 0.2) is 0 Å². The fourth-order valence-electron chi connectivity index (χ4n) is 1.72. The molecule has 2 heterocycles. The predicted octanol–water partition coefficient (Wildman–Crippen LogP) is -0.599. The first-order chi connectivity index (χ1) is 7.83. The van der Waals surface area contributed by atoms with Crippen LogP contribution in [0.3, 0.4) is 0 Å². The Morgan fingerprint density at radius 1 is 1.00 bits per heavy atom. The van der Waals surface area contributed by atoms with Crippen molar-refractivity contribution < 1.29 is 9.47 Å². The van der Waals surface area contributed by atoms with E-state index in [0.29, 0.717) is 6.04 Å². The molecule has 0 aliphatic carbocycles. The molecule has 0 radical (unpaired) electrons. The van der Waals surface area contributed by atoms with E-state index in [1.54, 1.807) is 0 Å². The van der Waals surface area contributed by atoms with Crippen molar-refractivity contribution in [1.29, 1.82) is 0 Å². The Morgan fingerprint density at radius 3 is 2.00 bits per heavy atom. The average Bonchev–Trinajstić information content (AvgIpc) is 2.33. The highest BCUT2D eigenvalue weighted by molar-refractivity contribution is 4.63. The van der Waals surface area contributed by atoms with E-state index in [2.05, 4.69) is 4.90 Å². The van der Waals surface area contributed by atoms with Crippen LogP contribution in [0.2, 0.25) is 0 Å². The van der Waals surface area contributed by atoms with Crippen molar-refractivity contribution in [2.24, 2.45) is 11.5 Å². The van der Waals surface area contributed by atoms with Crippen LogP contribution in [-0.2, 0) is 9.47 Å². The van der Waals surface area contributed by atoms with Gasteiger partial charge in [-0.15, -0.1) is 0 Å². The number of nitrogens with zero attached hydrogens (tertiary/aromatic N) is 1. The lowest BCUT2D eigenvalue weighted by Gasteiger charge is -2.25. The van der Waals surface area contributed by atoms with Gasteiger partial charge in [0.05, 0.1) is 13.2 Å². The Bertz CT molecular complexity index is 155.